The molecule has 0 unspecified atom stereocenters. The number of phenolic OH excluding ortho intramolecular Hbond substituents is 1. The fourth-order valence-electron chi connectivity index (χ4n) is 2.52. The Morgan fingerprint density at radius 1 is 1.15 bits per heavy atom. The Labute approximate surface area is 153 Å². The van der Waals surface area contributed by atoms with E-state index >= 15 is 0 Å². The SMILES string of the molecule is CCOc1cc(C(=O)OCN2C(=O)c3ccccc3C2=O)cc(Cl)c1O. The number of amides is 2. The number of aromatic hydroxyl groups is 1. The van der Waals surface area contributed by atoms with Crippen LogP contribution >= 0.6 is 11.6 Å². The molecule has 0 aliphatic carbocycles. The Morgan fingerprint density at radius 3 is 2.35 bits per heavy atom. The van der Waals surface area contributed by atoms with Gasteiger partial charge in [0.05, 0.1) is 28.3 Å². The van der Waals surface area contributed by atoms with Crippen LogP contribution in [-0.4, -0.2) is 41.1 Å². The summed E-state index contributed by atoms with van der Waals surface area (Å²) in [5, 5.41) is 9.72. The molecular formula is C18H14ClNO6. The number of imide groups is 1. The first-order valence-electron chi connectivity index (χ1n) is 7.71. The topological polar surface area (TPSA) is 93.1 Å². The maximum Gasteiger partial charge on any atom is 0.340 e. The quantitative estimate of drug-likeness (QED) is 0.638. The van der Waals surface area contributed by atoms with E-state index in [9.17, 15) is 19.5 Å². The summed E-state index contributed by atoms with van der Waals surface area (Å²) in [6.45, 7) is 1.44. The number of nitrogens with zero attached hydrogens (tertiary/aromatic N) is 1. The molecule has 2 amide bonds. The first-order valence-corrected chi connectivity index (χ1v) is 8.09. The molecule has 3 rings (SSSR count). The number of halogens is 1. The summed E-state index contributed by atoms with van der Waals surface area (Å²) in [5.74, 6) is -2.13. The Hall–Kier alpha value is -3.06. The lowest BCUT2D eigenvalue weighted by molar-refractivity contribution is 0.0228. The van der Waals surface area contributed by atoms with Crippen molar-refractivity contribution in [3.05, 3.63) is 58.1 Å². The number of hydrogen-bond donors (Lipinski definition) is 1. The van der Waals surface area contributed by atoms with Gasteiger partial charge >= 0.3 is 5.97 Å². The highest BCUT2D eigenvalue weighted by Crippen LogP contribution is 2.35. The van der Waals surface area contributed by atoms with E-state index in [-0.39, 0.29) is 39.8 Å². The predicted molar refractivity (Wildman–Crippen MR) is 91.5 cm³/mol. The van der Waals surface area contributed by atoms with Crippen LogP contribution in [0.1, 0.15) is 38.0 Å². The van der Waals surface area contributed by atoms with Crippen molar-refractivity contribution in [1.29, 1.82) is 0 Å². The van der Waals surface area contributed by atoms with Crippen LogP contribution in [-0.2, 0) is 4.74 Å². The summed E-state index contributed by atoms with van der Waals surface area (Å²) in [5.41, 5.74) is 0.549. The number of hydrogen-bond acceptors (Lipinski definition) is 6. The molecule has 7 nitrogen and oxygen atoms in total. The summed E-state index contributed by atoms with van der Waals surface area (Å²) in [6, 6.07) is 8.84. The number of phenols is 1. The number of fused-ring (bicyclic) bond motifs is 1. The zero-order chi connectivity index (χ0) is 18.8. The smallest absolute Gasteiger partial charge is 0.340 e. The minimum atomic E-state index is -0.815. The minimum absolute atomic E-state index is 0.0212. The second-order valence-electron chi connectivity index (χ2n) is 5.38. The molecule has 0 aromatic heterocycles. The normalized spacial score (nSPS) is 12.9. The van der Waals surface area contributed by atoms with Crippen LogP contribution in [0.5, 0.6) is 11.5 Å². The van der Waals surface area contributed by atoms with Crippen LogP contribution in [0.3, 0.4) is 0 Å². The average molecular weight is 376 g/mol. The van der Waals surface area contributed by atoms with Crippen molar-refractivity contribution < 1.29 is 29.0 Å². The molecule has 26 heavy (non-hydrogen) atoms. The molecule has 8 heteroatoms. The summed E-state index contributed by atoms with van der Waals surface area (Å²) in [4.78, 5) is 37.5. The van der Waals surface area contributed by atoms with Crippen LogP contribution < -0.4 is 4.74 Å². The molecule has 134 valence electrons. The molecule has 0 bridgehead atoms. The fourth-order valence-corrected chi connectivity index (χ4v) is 2.73. The van der Waals surface area contributed by atoms with Gasteiger partial charge in [0.25, 0.3) is 11.8 Å². The highest BCUT2D eigenvalue weighted by molar-refractivity contribution is 6.32. The van der Waals surface area contributed by atoms with Gasteiger partial charge in [0.1, 0.15) is 0 Å². The number of rotatable bonds is 5. The van der Waals surface area contributed by atoms with Crippen molar-refractivity contribution in [2.45, 2.75) is 6.92 Å². The van der Waals surface area contributed by atoms with Crippen molar-refractivity contribution in [2.24, 2.45) is 0 Å². The number of carbonyl (C=O) groups is 3. The standard InChI is InChI=1S/C18H14ClNO6/c1-2-25-14-8-10(7-13(19)15(14)21)18(24)26-9-20-16(22)11-5-3-4-6-12(11)17(20)23/h3-8,21H,2,9H2,1H3. The summed E-state index contributed by atoms with van der Waals surface area (Å²) >= 11 is 5.88. The molecule has 0 fully saturated rings. The number of carbonyl (C=O) groups excluding carboxylic acids is 3. The van der Waals surface area contributed by atoms with Gasteiger partial charge in [0, 0.05) is 0 Å². The Balaban J connectivity index is 1.74. The molecule has 1 N–H and O–H groups in total. The van der Waals surface area contributed by atoms with E-state index in [1.807, 2.05) is 0 Å². The van der Waals surface area contributed by atoms with Gasteiger partial charge in [0.2, 0.25) is 0 Å². The highest BCUT2D eigenvalue weighted by Gasteiger charge is 2.35. The molecule has 0 saturated carbocycles. The third-order valence-corrected chi connectivity index (χ3v) is 4.06. The monoisotopic (exact) mass is 375 g/mol. The lowest BCUT2D eigenvalue weighted by Crippen LogP contribution is -2.33. The molecule has 2 aromatic carbocycles. The molecule has 1 aliphatic heterocycles. The Morgan fingerprint density at radius 2 is 1.77 bits per heavy atom. The lowest BCUT2D eigenvalue weighted by atomic mass is 10.1. The molecule has 1 aliphatic rings. The Bertz CT molecular complexity index is 876. The number of benzene rings is 2. The van der Waals surface area contributed by atoms with E-state index in [4.69, 9.17) is 21.1 Å². The van der Waals surface area contributed by atoms with Crippen LogP contribution in [0, 0.1) is 0 Å². The van der Waals surface area contributed by atoms with E-state index in [0.717, 1.165) is 4.90 Å². The molecule has 0 atom stereocenters. The first-order chi connectivity index (χ1) is 12.4. The third kappa shape index (κ3) is 3.09. The second kappa shape index (κ2) is 7.05. The minimum Gasteiger partial charge on any atom is -0.503 e. The van der Waals surface area contributed by atoms with Gasteiger partial charge < -0.3 is 14.6 Å². The van der Waals surface area contributed by atoms with Gasteiger partial charge in [-0.1, -0.05) is 23.7 Å². The van der Waals surface area contributed by atoms with Crippen molar-refractivity contribution in [1.82, 2.24) is 4.90 Å². The Kier molecular flexibility index (Phi) is 4.81. The lowest BCUT2D eigenvalue weighted by Gasteiger charge is -2.15. The van der Waals surface area contributed by atoms with Gasteiger partial charge in [-0.2, -0.15) is 0 Å². The molecule has 2 aromatic rings. The van der Waals surface area contributed by atoms with E-state index in [0.29, 0.717) is 0 Å². The summed E-state index contributed by atoms with van der Waals surface area (Å²) in [6.07, 6.45) is 0. The van der Waals surface area contributed by atoms with Crippen molar-refractivity contribution in [3.8, 4) is 11.5 Å². The van der Waals surface area contributed by atoms with Gasteiger partial charge in [-0.3, -0.25) is 9.59 Å². The molecular weight excluding hydrogens is 362 g/mol. The summed E-state index contributed by atoms with van der Waals surface area (Å²) < 4.78 is 10.3. The van der Waals surface area contributed by atoms with Gasteiger partial charge in [-0.25, -0.2) is 9.69 Å². The first kappa shape index (κ1) is 17.8. The van der Waals surface area contributed by atoms with E-state index in [2.05, 4.69) is 0 Å². The maximum atomic E-state index is 12.2. The van der Waals surface area contributed by atoms with Gasteiger partial charge in [0.15, 0.2) is 18.2 Å². The number of esters is 1. The van der Waals surface area contributed by atoms with E-state index in [1.165, 1.54) is 24.3 Å². The average Bonchev–Trinajstić information content (AvgIpc) is 2.88. The van der Waals surface area contributed by atoms with Gasteiger partial charge in [-0.15, -0.1) is 0 Å². The summed E-state index contributed by atoms with van der Waals surface area (Å²) in [7, 11) is 0. The molecule has 1 heterocycles. The van der Waals surface area contributed by atoms with Crippen LogP contribution in [0.4, 0.5) is 0 Å². The van der Waals surface area contributed by atoms with Crippen molar-refractivity contribution in [3.63, 3.8) is 0 Å². The van der Waals surface area contributed by atoms with E-state index < -0.39 is 24.5 Å². The highest BCUT2D eigenvalue weighted by atomic mass is 35.5. The van der Waals surface area contributed by atoms with Crippen LogP contribution in [0.2, 0.25) is 5.02 Å². The number of ether oxygens (including phenoxy) is 2. The van der Waals surface area contributed by atoms with Crippen LogP contribution in [0.15, 0.2) is 36.4 Å². The maximum absolute atomic E-state index is 12.2. The predicted octanol–water partition coefficient (Wildman–Crippen LogP) is 2.85. The van der Waals surface area contributed by atoms with E-state index in [1.54, 1.807) is 19.1 Å². The second-order valence-corrected chi connectivity index (χ2v) is 5.79. The van der Waals surface area contributed by atoms with Crippen molar-refractivity contribution >= 4 is 29.4 Å². The molecule has 0 spiro atoms. The molecule has 0 saturated heterocycles. The largest absolute Gasteiger partial charge is 0.503 e. The van der Waals surface area contributed by atoms with Crippen molar-refractivity contribution in [2.75, 3.05) is 13.3 Å². The zero-order valence-electron chi connectivity index (χ0n) is 13.7. The fraction of sp³-hybridized carbons (Fsp3) is 0.167. The third-order valence-electron chi connectivity index (χ3n) is 3.77. The molecule has 0 radical (unpaired) electrons. The van der Waals surface area contributed by atoms with Gasteiger partial charge in [-0.05, 0) is 31.2 Å². The van der Waals surface area contributed by atoms with Crippen LogP contribution in [0.25, 0.3) is 0 Å². The zero-order valence-corrected chi connectivity index (χ0v) is 14.4.